The lowest BCUT2D eigenvalue weighted by atomic mass is 10.2. The van der Waals surface area contributed by atoms with E-state index in [2.05, 4.69) is 50.8 Å². The Morgan fingerprint density at radius 3 is 2.50 bits per heavy atom. The summed E-state index contributed by atoms with van der Waals surface area (Å²) < 4.78 is 20.0. The molecule has 10 nitrogen and oxygen atoms in total. The molecule has 1 aliphatic rings. The number of nitrogens with zero attached hydrogens (tertiary/aromatic N) is 5. The summed E-state index contributed by atoms with van der Waals surface area (Å²) >= 11 is 6.65. The molecule has 4 rings (SSSR count). The monoisotopic (exact) mass is 611 g/mol. The summed E-state index contributed by atoms with van der Waals surface area (Å²) in [5.74, 6) is 0.581. The van der Waals surface area contributed by atoms with Gasteiger partial charge in [-0.2, -0.15) is 0 Å². The molecule has 0 aliphatic carbocycles. The summed E-state index contributed by atoms with van der Waals surface area (Å²) in [7, 11) is -0.972. The zero-order valence-corrected chi connectivity index (χ0v) is 26.5. The quantitative estimate of drug-likeness (QED) is 0.149. The van der Waals surface area contributed by atoms with E-state index in [1.165, 1.54) is 10.5 Å². The zero-order chi connectivity index (χ0) is 30.4. The van der Waals surface area contributed by atoms with Crippen molar-refractivity contribution < 1.29 is 14.1 Å². The van der Waals surface area contributed by atoms with Gasteiger partial charge in [0.05, 0.1) is 47.9 Å². The molecule has 2 N–H and O–H groups in total. The van der Waals surface area contributed by atoms with E-state index < -0.39 is 7.14 Å². The number of nitrogens with one attached hydrogen (secondary N) is 2. The number of halogens is 1. The van der Waals surface area contributed by atoms with Gasteiger partial charge in [-0.3, -0.25) is 9.69 Å². The number of likely N-dealkylation sites (N-methyl/N-ethyl adjacent to an activating group) is 1. The van der Waals surface area contributed by atoms with Crippen molar-refractivity contribution in [2.24, 2.45) is 0 Å². The van der Waals surface area contributed by atoms with Gasteiger partial charge in [0.15, 0.2) is 0 Å². The number of aromatic nitrogens is 2. The van der Waals surface area contributed by atoms with Crippen molar-refractivity contribution in [2.75, 3.05) is 66.6 Å². The first kappa shape index (κ1) is 31.3. The molecule has 0 saturated carbocycles. The Morgan fingerprint density at radius 1 is 1.19 bits per heavy atom. The Balaban J connectivity index is 1.61. The van der Waals surface area contributed by atoms with E-state index in [0.29, 0.717) is 45.8 Å². The van der Waals surface area contributed by atoms with Crippen LogP contribution in [-0.4, -0.2) is 73.4 Å². The van der Waals surface area contributed by atoms with E-state index >= 15 is 0 Å². The fraction of sp³-hybridized carbons (Fsp3) is 0.367. The first-order valence-corrected chi connectivity index (χ1v) is 16.9. The Bertz CT molecular complexity index is 1460. The molecule has 0 radical (unpaired) electrons. The molecule has 12 heteroatoms. The summed E-state index contributed by atoms with van der Waals surface area (Å²) in [5.41, 5.74) is 3.22. The van der Waals surface area contributed by atoms with Crippen LogP contribution in [0.15, 0.2) is 61.4 Å². The van der Waals surface area contributed by atoms with Gasteiger partial charge in [-0.25, -0.2) is 14.4 Å². The van der Waals surface area contributed by atoms with Crippen molar-refractivity contribution >= 4 is 64.5 Å². The molecular formula is C30H39ClN7O3P. The molecule has 1 atom stereocenters. The Kier molecular flexibility index (Phi) is 10.1. The van der Waals surface area contributed by atoms with Crippen LogP contribution in [0.3, 0.4) is 0 Å². The predicted molar refractivity (Wildman–Crippen MR) is 174 cm³/mol. The third-order valence-corrected chi connectivity index (χ3v) is 9.29. The summed E-state index contributed by atoms with van der Waals surface area (Å²) in [6.45, 7) is 15.1. The van der Waals surface area contributed by atoms with Crippen molar-refractivity contribution in [2.45, 2.75) is 26.3 Å². The lowest BCUT2D eigenvalue weighted by molar-refractivity contribution is -0.111. The molecule has 0 bridgehead atoms. The minimum absolute atomic E-state index is 0.307. The molecule has 1 amide bonds. The molecule has 1 fully saturated rings. The minimum Gasteiger partial charge on any atom is -0.494 e. The van der Waals surface area contributed by atoms with Gasteiger partial charge in [0, 0.05) is 42.3 Å². The van der Waals surface area contributed by atoms with Crippen LogP contribution >= 0.6 is 18.9 Å². The average molecular weight is 612 g/mol. The molecule has 2 heterocycles. The number of amides is 1. The highest BCUT2D eigenvalue weighted by molar-refractivity contribution is 7.70. The van der Waals surface area contributed by atoms with Gasteiger partial charge in [-0.05, 0) is 57.1 Å². The maximum atomic E-state index is 12.8. The molecular weight excluding hydrogens is 573 g/mol. The molecule has 2 aromatic carbocycles. The van der Waals surface area contributed by atoms with Gasteiger partial charge in [0.25, 0.3) is 0 Å². The second kappa shape index (κ2) is 13.6. The fourth-order valence-electron chi connectivity index (χ4n) is 5.21. The van der Waals surface area contributed by atoms with Crippen molar-refractivity contribution in [1.29, 1.82) is 0 Å². The van der Waals surface area contributed by atoms with E-state index in [1.807, 2.05) is 36.4 Å². The smallest absolute Gasteiger partial charge is 0.247 e. The van der Waals surface area contributed by atoms with Gasteiger partial charge in [0.1, 0.15) is 12.9 Å². The fourth-order valence-corrected chi connectivity index (χ4v) is 6.68. The third-order valence-electron chi connectivity index (χ3n) is 7.38. The lowest BCUT2D eigenvalue weighted by Gasteiger charge is -2.28. The van der Waals surface area contributed by atoms with Crippen molar-refractivity contribution in [3.05, 3.63) is 61.4 Å². The Hall–Kier alpha value is -3.59. The molecule has 1 saturated heterocycles. The van der Waals surface area contributed by atoms with Gasteiger partial charge in [-0.15, -0.1) is 0 Å². The number of carbonyl (C=O) groups excluding carboxylic acids is 1. The van der Waals surface area contributed by atoms with Crippen LogP contribution in [0, 0.1) is 0 Å². The molecule has 0 spiro atoms. The molecule has 224 valence electrons. The van der Waals surface area contributed by atoms with E-state index in [4.69, 9.17) is 16.5 Å². The number of benzene rings is 2. The number of hydrogen-bond acceptors (Lipinski definition) is 9. The summed E-state index contributed by atoms with van der Waals surface area (Å²) in [6, 6.07) is 11.5. The average Bonchev–Trinajstić information content (AvgIpc) is 3.47. The zero-order valence-electron chi connectivity index (χ0n) is 24.8. The number of carbonyl (C=O) groups is 1. The van der Waals surface area contributed by atoms with Crippen LogP contribution < -0.4 is 30.0 Å². The molecule has 1 aromatic heterocycles. The van der Waals surface area contributed by atoms with Crippen LogP contribution in [0.1, 0.15) is 20.3 Å². The normalized spacial score (nSPS) is 15.0. The number of methoxy groups -OCH3 is 1. The Morgan fingerprint density at radius 2 is 1.88 bits per heavy atom. The SMILES string of the molecule is C=CC(=O)Nc1cc(Nc2ncc(N(Cl)c3ccccc3P(C)(C)=O)cn2)c(OC)cc1N1CCC(N(CC)CC)C1. The lowest BCUT2D eigenvalue weighted by Crippen LogP contribution is -2.37. The van der Waals surface area contributed by atoms with Gasteiger partial charge in [0.2, 0.25) is 11.9 Å². The van der Waals surface area contributed by atoms with E-state index in [0.717, 1.165) is 38.3 Å². The highest BCUT2D eigenvalue weighted by atomic mass is 35.5. The van der Waals surface area contributed by atoms with Crippen LogP contribution in [0.5, 0.6) is 5.75 Å². The van der Waals surface area contributed by atoms with Crippen LogP contribution in [0.2, 0.25) is 0 Å². The van der Waals surface area contributed by atoms with E-state index in [-0.39, 0.29) is 5.91 Å². The number of rotatable bonds is 12. The van der Waals surface area contributed by atoms with Crippen LogP contribution in [0.25, 0.3) is 0 Å². The number of anilines is 6. The van der Waals surface area contributed by atoms with Gasteiger partial charge >= 0.3 is 0 Å². The number of para-hydroxylation sites is 1. The predicted octanol–water partition coefficient (Wildman–Crippen LogP) is 5.81. The molecule has 3 aromatic rings. The molecule has 1 aliphatic heterocycles. The minimum atomic E-state index is -2.57. The molecule has 1 unspecified atom stereocenters. The van der Waals surface area contributed by atoms with Crippen molar-refractivity contribution in [3.63, 3.8) is 0 Å². The summed E-state index contributed by atoms with van der Waals surface area (Å²) in [5, 5.41) is 6.82. The highest BCUT2D eigenvalue weighted by Gasteiger charge is 2.29. The van der Waals surface area contributed by atoms with Crippen molar-refractivity contribution in [3.8, 4) is 5.75 Å². The second-order valence-corrected chi connectivity index (χ2v) is 13.9. The van der Waals surface area contributed by atoms with Gasteiger partial charge < -0.3 is 24.8 Å². The topological polar surface area (TPSA) is 103 Å². The van der Waals surface area contributed by atoms with Crippen LogP contribution in [-0.2, 0) is 9.36 Å². The first-order chi connectivity index (χ1) is 20.1. The summed E-state index contributed by atoms with van der Waals surface area (Å²) in [4.78, 5) is 26.0. The summed E-state index contributed by atoms with van der Waals surface area (Å²) in [6.07, 6.45) is 5.44. The van der Waals surface area contributed by atoms with Gasteiger partial charge in [-0.1, -0.05) is 32.6 Å². The molecule has 42 heavy (non-hydrogen) atoms. The Labute approximate surface area is 253 Å². The van der Waals surface area contributed by atoms with Crippen LogP contribution in [0.4, 0.5) is 34.4 Å². The van der Waals surface area contributed by atoms with Crippen molar-refractivity contribution in [1.82, 2.24) is 14.9 Å². The first-order valence-electron chi connectivity index (χ1n) is 13.9. The standard InChI is InChI=1S/C30H39ClN7O3P/c1-7-29(39)34-23-16-24(27(41-4)17-26(23)37-15-14-21(20-37)36(8-2)9-3)35-30-32-18-22(19-33-30)38(31)25-12-10-11-13-28(25)42(5,6)40/h7,10-13,16-19,21H,1,8-9,14-15,20H2,2-6H3,(H,34,39)(H,32,33,35). The number of hydrogen-bond donors (Lipinski definition) is 2. The van der Waals surface area contributed by atoms with E-state index in [1.54, 1.807) is 32.8 Å². The number of ether oxygens (including phenoxy) is 1. The largest absolute Gasteiger partial charge is 0.494 e. The third kappa shape index (κ3) is 7.06. The maximum absolute atomic E-state index is 12.8. The highest BCUT2D eigenvalue weighted by Crippen LogP contribution is 2.42. The maximum Gasteiger partial charge on any atom is 0.247 e. The second-order valence-electron chi connectivity index (χ2n) is 10.4. The van der Waals surface area contributed by atoms with E-state index in [9.17, 15) is 9.36 Å².